The number of ether oxygens (including phenoxy) is 1. The van der Waals surface area contributed by atoms with Gasteiger partial charge in [0.05, 0.1) is 11.3 Å². The highest BCUT2D eigenvalue weighted by Gasteiger charge is 2.27. The van der Waals surface area contributed by atoms with Gasteiger partial charge in [-0.1, -0.05) is 30.3 Å². The second-order valence-electron chi connectivity index (χ2n) is 6.95. The summed E-state index contributed by atoms with van der Waals surface area (Å²) < 4.78 is 31.7. The first-order valence-corrected chi connectivity index (χ1v) is 10.9. The number of sulfonamides is 1. The van der Waals surface area contributed by atoms with Crippen LogP contribution >= 0.6 is 0 Å². The van der Waals surface area contributed by atoms with Gasteiger partial charge < -0.3 is 10.1 Å². The minimum absolute atomic E-state index is 0.0868. The van der Waals surface area contributed by atoms with Gasteiger partial charge in [0.1, 0.15) is 0 Å². The number of nitrogens with one attached hydrogen (secondary N) is 1. The summed E-state index contributed by atoms with van der Waals surface area (Å²) in [6, 6.07) is 13.5. The van der Waals surface area contributed by atoms with Crippen LogP contribution in [0, 0.1) is 6.92 Å². The Hall–Kier alpha value is -2.71. The highest BCUT2D eigenvalue weighted by atomic mass is 32.2. The molecule has 1 aliphatic rings. The molecule has 1 aliphatic heterocycles. The van der Waals surface area contributed by atoms with E-state index < -0.39 is 28.5 Å². The van der Waals surface area contributed by atoms with E-state index in [-0.39, 0.29) is 11.3 Å². The van der Waals surface area contributed by atoms with Crippen LogP contribution in [-0.2, 0) is 30.8 Å². The third-order valence-electron chi connectivity index (χ3n) is 4.78. The molecule has 0 spiro atoms. The van der Waals surface area contributed by atoms with Crippen molar-refractivity contribution in [3.05, 3.63) is 59.7 Å². The fourth-order valence-corrected chi connectivity index (χ4v) is 4.73. The molecule has 1 fully saturated rings. The summed E-state index contributed by atoms with van der Waals surface area (Å²) in [5.74, 6) is -1.03. The van der Waals surface area contributed by atoms with E-state index >= 15 is 0 Å². The zero-order chi connectivity index (χ0) is 20.9. The molecule has 1 heterocycles. The summed E-state index contributed by atoms with van der Waals surface area (Å²) in [6.07, 6.45) is 1.79. The molecule has 1 N–H and O–H groups in total. The van der Waals surface area contributed by atoms with Gasteiger partial charge in [-0.05, 0) is 49.1 Å². The Morgan fingerprint density at radius 1 is 1.07 bits per heavy atom. The molecule has 154 valence electrons. The van der Waals surface area contributed by atoms with E-state index in [2.05, 4.69) is 5.32 Å². The molecule has 1 saturated heterocycles. The minimum Gasteiger partial charge on any atom is -0.455 e. The van der Waals surface area contributed by atoms with E-state index in [0.29, 0.717) is 18.8 Å². The number of anilines is 1. The van der Waals surface area contributed by atoms with Gasteiger partial charge in [-0.3, -0.25) is 9.59 Å². The lowest BCUT2D eigenvalue weighted by Crippen LogP contribution is -2.28. The summed E-state index contributed by atoms with van der Waals surface area (Å²) in [7, 11) is -3.56. The lowest BCUT2D eigenvalue weighted by atomic mass is 10.1. The molecule has 0 bridgehead atoms. The van der Waals surface area contributed by atoms with Crippen molar-refractivity contribution in [3.8, 4) is 0 Å². The Morgan fingerprint density at radius 3 is 2.52 bits per heavy atom. The quantitative estimate of drug-likeness (QED) is 0.700. The number of nitrogens with zero attached hydrogens (tertiary/aromatic N) is 1. The van der Waals surface area contributed by atoms with Crippen molar-refractivity contribution in [1.29, 1.82) is 0 Å². The van der Waals surface area contributed by atoms with E-state index in [9.17, 15) is 18.0 Å². The van der Waals surface area contributed by atoms with Crippen LogP contribution in [0.1, 0.15) is 24.0 Å². The number of carbonyl (C=O) groups excluding carboxylic acids is 2. The maximum atomic E-state index is 12.6. The number of hydrogen-bond donors (Lipinski definition) is 1. The molecule has 1 amide bonds. The number of amides is 1. The number of carbonyl (C=O) groups is 2. The van der Waals surface area contributed by atoms with Gasteiger partial charge in [0.2, 0.25) is 10.0 Å². The summed E-state index contributed by atoms with van der Waals surface area (Å²) >= 11 is 0. The van der Waals surface area contributed by atoms with E-state index in [1.54, 1.807) is 12.1 Å². The average Bonchev–Trinajstić information content (AvgIpc) is 3.24. The smallest absolute Gasteiger partial charge is 0.310 e. The third-order valence-corrected chi connectivity index (χ3v) is 6.68. The second kappa shape index (κ2) is 9.19. The SMILES string of the molecule is Cc1ccccc1CC(=O)OCC(=O)Nc1cccc(S(=O)(=O)N2CCCC2)c1. The van der Waals surface area contributed by atoms with Crippen molar-refractivity contribution < 1.29 is 22.7 Å². The Kier molecular flexibility index (Phi) is 6.66. The molecular weight excluding hydrogens is 392 g/mol. The van der Waals surface area contributed by atoms with Crippen molar-refractivity contribution in [2.45, 2.75) is 31.1 Å². The Balaban J connectivity index is 1.55. The predicted octanol–water partition coefficient (Wildman–Crippen LogP) is 2.50. The van der Waals surface area contributed by atoms with Crippen molar-refractivity contribution in [3.63, 3.8) is 0 Å². The first-order chi connectivity index (χ1) is 13.9. The number of hydrogen-bond acceptors (Lipinski definition) is 5. The minimum atomic E-state index is -3.56. The van der Waals surface area contributed by atoms with E-state index in [1.165, 1.54) is 16.4 Å². The maximum absolute atomic E-state index is 12.6. The highest BCUT2D eigenvalue weighted by molar-refractivity contribution is 7.89. The first kappa shape index (κ1) is 21.0. The predicted molar refractivity (Wildman–Crippen MR) is 109 cm³/mol. The van der Waals surface area contributed by atoms with Gasteiger partial charge in [-0.2, -0.15) is 4.31 Å². The van der Waals surface area contributed by atoms with E-state index in [4.69, 9.17) is 4.74 Å². The number of aryl methyl sites for hydroxylation is 1. The molecule has 0 saturated carbocycles. The molecule has 29 heavy (non-hydrogen) atoms. The van der Waals surface area contributed by atoms with Crippen molar-refractivity contribution in [1.82, 2.24) is 4.31 Å². The van der Waals surface area contributed by atoms with E-state index in [1.807, 2.05) is 31.2 Å². The molecule has 0 aliphatic carbocycles. The molecule has 2 aromatic rings. The van der Waals surface area contributed by atoms with Crippen LogP contribution in [0.25, 0.3) is 0 Å². The molecule has 2 aromatic carbocycles. The van der Waals surface area contributed by atoms with Crippen molar-refractivity contribution in [2.24, 2.45) is 0 Å². The first-order valence-electron chi connectivity index (χ1n) is 9.46. The fourth-order valence-electron chi connectivity index (χ4n) is 3.17. The van der Waals surface area contributed by atoms with Crippen molar-refractivity contribution in [2.75, 3.05) is 25.0 Å². The lowest BCUT2D eigenvalue weighted by Gasteiger charge is -2.16. The van der Waals surface area contributed by atoms with Gasteiger partial charge in [0.15, 0.2) is 6.61 Å². The standard InChI is InChI=1S/C21H24N2O5S/c1-16-7-2-3-8-17(16)13-21(25)28-15-20(24)22-18-9-6-10-19(14-18)29(26,27)23-11-4-5-12-23/h2-3,6-10,14H,4-5,11-13,15H2,1H3,(H,22,24). The molecule has 3 rings (SSSR count). The van der Waals surface area contributed by atoms with Gasteiger partial charge in [-0.15, -0.1) is 0 Å². The Morgan fingerprint density at radius 2 is 1.79 bits per heavy atom. The molecule has 7 nitrogen and oxygen atoms in total. The summed E-state index contributed by atoms with van der Waals surface area (Å²) in [6.45, 7) is 2.48. The van der Waals surface area contributed by atoms with Gasteiger partial charge >= 0.3 is 5.97 Å². The molecular formula is C21H24N2O5S. The summed E-state index contributed by atoms with van der Waals surface area (Å²) in [5, 5.41) is 2.58. The largest absolute Gasteiger partial charge is 0.455 e. The van der Waals surface area contributed by atoms with Crippen LogP contribution in [0.4, 0.5) is 5.69 Å². The van der Waals surface area contributed by atoms with Gasteiger partial charge in [-0.25, -0.2) is 8.42 Å². The zero-order valence-corrected chi connectivity index (χ0v) is 17.1. The monoisotopic (exact) mass is 416 g/mol. The molecule has 0 atom stereocenters. The summed E-state index contributed by atoms with van der Waals surface area (Å²) in [4.78, 5) is 24.2. The van der Waals surface area contributed by atoms with Crippen molar-refractivity contribution >= 4 is 27.6 Å². The van der Waals surface area contributed by atoms with Crippen LogP contribution in [0.3, 0.4) is 0 Å². The Labute approximate surface area is 170 Å². The average molecular weight is 416 g/mol. The van der Waals surface area contributed by atoms with E-state index in [0.717, 1.165) is 24.0 Å². The number of esters is 1. The maximum Gasteiger partial charge on any atom is 0.310 e. The molecule has 0 radical (unpaired) electrons. The molecule has 0 unspecified atom stereocenters. The third kappa shape index (κ3) is 5.42. The van der Waals surface area contributed by atoms with Crippen LogP contribution in [0.5, 0.6) is 0 Å². The number of rotatable bonds is 7. The molecule has 0 aromatic heterocycles. The normalized spacial score (nSPS) is 14.5. The van der Waals surface area contributed by atoms with Crippen LogP contribution in [0.15, 0.2) is 53.4 Å². The van der Waals surface area contributed by atoms with Crippen LogP contribution in [0.2, 0.25) is 0 Å². The van der Waals surface area contributed by atoms with Crippen LogP contribution in [-0.4, -0.2) is 44.3 Å². The Bertz CT molecular complexity index is 998. The summed E-state index contributed by atoms with van der Waals surface area (Å²) in [5.41, 5.74) is 2.16. The fraction of sp³-hybridized carbons (Fsp3) is 0.333. The van der Waals surface area contributed by atoms with Gasteiger partial charge in [0, 0.05) is 18.8 Å². The number of benzene rings is 2. The topological polar surface area (TPSA) is 92.8 Å². The lowest BCUT2D eigenvalue weighted by molar-refractivity contribution is -0.146. The van der Waals surface area contributed by atoms with Crippen LogP contribution < -0.4 is 5.32 Å². The van der Waals surface area contributed by atoms with Gasteiger partial charge in [0.25, 0.3) is 5.91 Å². The highest BCUT2D eigenvalue weighted by Crippen LogP contribution is 2.23. The second-order valence-corrected chi connectivity index (χ2v) is 8.89. The molecule has 8 heteroatoms. The zero-order valence-electron chi connectivity index (χ0n) is 16.3.